The molecule has 1 unspecified atom stereocenters. The third kappa shape index (κ3) is 7.98. The Bertz CT molecular complexity index is 894. The lowest BCUT2D eigenvalue weighted by molar-refractivity contribution is -0.137. The van der Waals surface area contributed by atoms with Crippen LogP contribution in [0, 0.1) is 0 Å². The molecule has 172 valence electrons. The van der Waals surface area contributed by atoms with E-state index in [1.54, 1.807) is 12.3 Å². The van der Waals surface area contributed by atoms with Crippen LogP contribution in [0.5, 0.6) is 0 Å². The minimum Gasteiger partial charge on any atom is -0.323 e. The summed E-state index contributed by atoms with van der Waals surface area (Å²) in [5.74, 6) is 5.90. The molecule has 0 aliphatic carbocycles. The van der Waals surface area contributed by atoms with Crippen molar-refractivity contribution in [3.05, 3.63) is 65.7 Å². The molecule has 1 atom stereocenters. The van der Waals surface area contributed by atoms with Crippen molar-refractivity contribution in [2.75, 3.05) is 25.4 Å². The minimum atomic E-state index is -4.36. The standard InChI is InChI=1S/C24H29F3N4S/c25-24(26,27)20-10-7-11-23(15-20)32-18-22(30-28)16-29-21(14-19-8-3-1-4-9-19)17-31-12-5-2-6-13-31/h1,3-4,7-11,15-16,21H,2,5-6,12-14,17-18,28H2/b29-16?,30-22+. The molecule has 2 N–H and O–H groups in total. The second-order valence-electron chi connectivity index (χ2n) is 7.92. The van der Waals surface area contributed by atoms with Crippen LogP contribution in [0.1, 0.15) is 30.4 Å². The highest BCUT2D eigenvalue weighted by atomic mass is 32.2. The van der Waals surface area contributed by atoms with E-state index in [2.05, 4.69) is 22.1 Å². The summed E-state index contributed by atoms with van der Waals surface area (Å²) in [6.07, 6.45) is 1.84. The van der Waals surface area contributed by atoms with Crippen molar-refractivity contribution in [2.45, 2.75) is 42.8 Å². The molecule has 3 rings (SSSR count). The van der Waals surface area contributed by atoms with Gasteiger partial charge in [0.1, 0.15) is 0 Å². The minimum absolute atomic E-state index is 0.0609. The van der Waals surface area contributed by atoms with Crippen LogP contribution < -0.4 is 5.84 Å². The number of thioether (sulfide) groups is 1. The molecule has 0 spiro atoms. The van der Waals surface area contributed by atoms with Crippen LogP contribution in [0.25, 0.3) is 0 Å². The van der Waals surface area contributed by atoms with Crippen LogP contribution in [-0.2, 0) is 12.6 Å². The monoisotopic (exact) mass is 462 g/mol. The number of aliphatic imine (C=N–C) groups is 1. The summed E-state index contributed by atoms with van der Waals surface area (Å²) >= 11 is 1.26. The highest BCUT2D eigenvalue weighted by Gasteiger charge is 2.30. The molecule has 1 heterocycles. The van der Waals surface area contributed by atoms with Crippen LogP contribution in [0.15, 0.2) is 69.6 Å². The summed E-state index contributed by atoms with van der Waals surface area (Å²) in [4.78, 5) is 7.75. The zero-order chi connectivity index (χ0) is 22.8. The first-order chi connectivity index (χ1) is 15.4. The molecule has 0 aromatic heterocycles. The lowest BCUT2D eigenvalue weighted by atomic mass is 10.0. The van der Waals surface area contributed by atoms with Crippen LogP contribution in [0.2, 0.25) is 0 Å². The summed E-state index contributed by atoms with van der Waals surface area (Å²) in [5, 5.41) is 3.81. The van der Waals surface area contributed by atoms with Gasteiger partial charge in [0.2, 0.25) is 0 Å². The van der Waals surface area contributed by atoms with Gasteiger partial charge in [0.15, 0.2) is 0 Å². The highest BCUT2D eigenvalue weighted by molar-refractivity contribution is 8.00. The van der Waals surface area contributed by atoms with Gasteiger partial charge < -0.3 is 10.7 Å². The van der Waals surface area contributed by atoms with Gasteiger partial charge in [-0.3, -0.25) is 4.99 Å². The Labute approximate surface area is 191 Å². The van der Waals surface area contributed by atoms with Crippen LogP contribution >= 0.6 is 11.8 Å². The van der Waals surface area contributed by atoms with E-state index in [-0.39, 0.29) is 6.04 Å². The SMILES string of the molecule is N/N=C(\C=NC(Cc1ccccc1)CN1CCCCC1)CSc1cccc(C(F)(F)F)c1. The topological polar surface area (TPSA) is 54.0 Å². The Morgan fingerprint density at radius 3 is 2.50 bits per heavy atom. The van der Waals surface area contributed by atoms with Crippen molar-refractivity contribution in [3.8, 4) is 0 Å². The smallest absolute Gasteiger partial charge is 0.323 e. The zero-order valence-corrected chi connectivity index (χ0v) is 18.8. The lowest BCUT2D eigenvalue weighted by Gasteiger charge is -2.29. The number of alkyl halides is 3. The number of hydrogen-bond donors (Lipinski definition) is 1. The Hall–Kier alpha value is -2.32. The van der Waals surface area contributed by atoms with Crippen molar-refractivity contribution in [3.63, 3.8) is 0 Å². The van der Waals surface area contributed by atoms with E-state index in [9.17, 15) is 13.2 Å². The number of nitrogens with two attached hydrogens (primary N) is 1. The molecule has 4 nitrogen and oxygen atoms in total. The van der Waals surface area contributed by atoms with Gasteiger partial charge in [-0.25, -0.2) is 0 Å². The van der Waals surface area contributed by atoms with Gasteiger partial charge in [-0.05, 0) is 56.1 Å². The fraction of sp³-hybridized carbons (Fsp3) is 0.417. The van der Waals surface area contributed by atoms with E-state index >= 15 is 0 Å². The molecule has 1 aliphatic rings. The molecule has 0 radical (unpaired) electrons. The number of benzene rings is 2. The molecular weight excluding hydrogens is 433 g/mol. The second kappa shape index (κ2) is 12.1. The van der Waals surface area contributed by atoms with E-state index in [4.69, 9.17) is 10.8 Å². The van der Waals surface area contributed by atoms with Crippen molar-refractivity contribution in [2.24, 2.45) is 15.9 Å². The lowest BCUT2D eigenvalue weighted by Crippen LogP contribution is -2.36. The average Bonchev–Trinajstić information content (AvgIpc) is 2.80. The number of piperidine rings is 1. The predicted molar refractivity (Wildman–Crippen MR) is 127 cm³/mol. The number of rotatable bonds is 9. The molecule has 2 aromatic rings. The maximum Gasteiger partial charge on any atom is 0.416 e. The van der Waals surface area contributed by atoms with Gasteiger partial charge in [0.05, 0.1) is 17.3 Å². The zero-order valence-electron chi connectivity index (χ0n) is 18.0. The molecular formula is C24H29F3N4S. The normalized spacial score (nSPS) is 17.0. The van der Waals surface area contributed by atoms with Gasteiger partial charge in [-0.15, -0.1) is 11.8 Å². The molecule has 32 heavy (non-hydrogen) atoms. The van der Waals surface area contributed by atoms with Gasteiger partial charge in [0.25, 0.3) is 0 Å². The van der Waals surface area contributed by atoms with E-state index < -0.39 is 11.7 Å². The van der Waals surface area contributed by atoms with Crippen LogP contribution in [0.3, 0.4) is 0 Å². The largest absolute Gasteiger partial charge is 0.416 e. The van der Waals surface area contributed by atoms with Gasteiger partial charge in [-0.2, -0.15) is 18.3 Å². The third-order valence-corrected chi connectivity index (χ3v) is 6.41. The van der Waals surface area contributed by atoms with E-state index in [1.807, 2.05) is 18.2 Å². The number of halogens is 3. The molecule has 0 bridgehead atoms. The number of nitrogens with zero attached hydrogens (tertiary/aromatic N) is 3. The van der Waals surface area contributed by atoms with Gasteiger partial charge in [0, 0.05) is 23.4 Å². The summed E-state index contributed by atoms with van der Waals surface area (Å²) in [6, 6.07) is 15.6. The summed E-state index contributed by atoms with van der Waals surface area (Å²) < 4.78 is 38.8. The highest BCUT2D eigenvalue weighted by Crippen LogP contribution is 2.31. The van der Waals surface area contributed by atoms with Crippen molar-refractivity contribution in [1.29, 1.82) is 0 Å². The number of likely N-dealkylation sites (tertiary alicyclic amines) is 1. The fourth-order valence-electron chi connectivity index (χ4n) is 3.71. The number of hydrazone groups is 1. The maximum atomic E-state index is 12.9. The third-order valence-electron chi connectivity index (χ3n) is 5.38. The van der Waals surface area contributed by atoms with Gasteiger partial charge >= 0.3 is 6.18 Å². The first kappa shape index (κ1) is 24.3. The summed E-state index contributed by atoms with van der Waals surface area (Å²) in [5.41, 5.74) is 1.10. The Balaban J connectivity index is 1.64. The fourth-order valence-corrected chi connectivity index (χ4v) is 4.56. The van der Waals surface area contributed by atoms with Crippen molar-refractivity contribution >= 4 is 23.7 Å². The molecule has 0 amide bonds. The quantitative estimate of drug-likeness (QED) is 0.239. The van der Waals surface area contributed by atoms with Crippen molar-refractivity contribution < 1.29 is 13.2 Å². The summed E-state index contributed by atoms with van der Waals surface area (Å²) in [6.45, 7) is 3.04. The Morgan fingerprint density at radius 2 is 1.81 bits per heavy atom. The average molecular weight is 463 g/mol. The molecule has 0 saturated carbocycles. The molecule has 8 heteroatoms. The van der Waals surface area contributed by atoms with Crippen molar-refractivity contribution in [1.82, 2.24) is 4.90 Å². The molecule has 1 fully saturated rings. The predicted octanol–water partition coefficient (Wildman–Crippen LogP) is 5.28. The van der Waals surface area contributed by atoms with Gasteiger partial charge in [-0.1, -0.05) is 42.8 Å². The Kier molecular flexibility index (Phi) is 9.17. The molecule has 1 aliphatic heterocycles. The van der Waals surface area contributed by atoms with E-state index in [1.165, 1.54) is 42.7 Å². The molecule has 1 saturated heterocycles. The maximum absolute atomic E-state index is 12.9. The molecule has 2 aromatic carbocycles. The Morgan fingerprint density at radius 1 is 1.06 bits per heavy atom. The van der Waals surface area contributed by atoms with E-state index in [0.717, 1.165) is 38.2 Å². The first-order valence-corrected chi connectivity index (χ1v) is 11.8. The van der Waals surface area contributed by atoms with E-state index in [0.29, 0.717) is 16.4 Å². The first-order valence-electron chi connectivity index (χ1n) is 10.8. The summed E-state index contributed by atoms with van der Waals surface area (Å²) in [7, 11) is 0. The second-order valence-corrected chi connectivity index (χ2v) is 8.97. The number of hydrogen-bond acceptors (Lipinski definition) is 5. The van der Waals surface area contributed by atoms with Crippen LogP contribution in [0.4, 0.5) is 13.2 Å². The van der Waals surface area contributed by atoms with Crippen LogP contribution in [-0.4, -0.2) is 48.3 Å².